The zero-order chi connectivity index (χ0) is 18.7. The molecule has 144 valence electrons. The van der Waals surface area contributed by atoms with Gasteiger partial charge in [-0.1, -0.05) is 26.3 Å². The summed E-state index contributed by atoms with van der Waals surface area (Å²) in [4.78, 5) is 23.8. The molecule has 4 nitrogen and oxygen atoms in total. The van der Waals surface area contributed by atoms with Crippen molar-refractivity contribution in [3.8, 4) is 0 Å². The van der Waals surface area contributed by atoms with Crippen molar-refractivity contribution in [2.24, 2.45) is 28.6 Å². The lowest BCUT2D eigenvalue weighted by atomic mass is 9.46. The fraction of sp³-hybridized carbons (Fsp3) is 0.818. The van der Waals surface area contributed by atoms with Crippen LogP contribution in [0, 0.1) is 28.6 Å². The van der Waals surface area contributed by atoms with Crippen LogP contribution in [-0.4, -0.2) is 29.1 Å². The molecular formula is C22H32O4. The van der Waals surface area contributed by atoms with E-state index in [0.29, 0.717) is 31.1 Å². The summed E-state index contributed by atoms with van der Waals surface area (Å²) < 4.78 is 5.80. The summed E-state index contributed by atoms with van der Waals surface area (Å²) in [5, 5.41) is 11.2. The van der Waals surface area contributed by atoms with Crippen molar-refractivity contribution in [3.63, 3.8) is 0 Å². The van der Waals surface area contributed by atoms with E-state index in [-0.39, 0.29) is 40.7 Å². The molecule has 0 radical (unpaired) electrons. The highest BCUT2D eigenvalue weighted by molar-refractivity contribution is 5.91. The van der Waals surface area contributed by atoms with E-state index in [0.717, 1.165) is 32.1 Å². The smallest absolute Gasteiger partial charge is 0.305 e. The minimum atomic E-state index is -0.385. The average Bonchev–Trinajstić information content (AvgIpc) is 2.91. The van der Waals surface area contributed by atoms with Gasteiger partial charge in [-0.15, -0.1) is 0 Å². The fourth-order valence-corrected chi connectivity index (χ4v) is 7.08. The van der Waals surface area contributed by atoms with E-state index in [1.165, 1.54) is 5.57 Å². The number of ketones is 1. The minimum absolute atomic E-state index is 0.0459. The molecule has 0 aromatic rings. The maximum atomic E-state index is 11.9. The predicted octanol–water partition coefficient (Wildman–Crippen LogP) is 3.81. The quantitative estimate of drug-likeness (QED) is 0.761. The largest absolute Gasteiger partial charge is 0.462 e. The maximum Gasteiger partial charge on any atom is 0.305 e. The first-order valence-corrected chi connectivity index (χ1v) is 10.4. The van der Waals surface area contributed by atoms with E-state index in [1.54, 1.807) is 0 Å². The highest BCUT2D eigenvalue weighted by Crippen LogP contribution is 2.65. The van der Waals surface area contributed by atoms with Gasteiger partial charge in [0.1, 0.15) is 6.10 Å². The second-order valence-electron chi connectivity index (χ2n) is 9.57. The number of rotatable bonds is 2. The molecule has 4 rings (SSSR count). The van der Waals surface area contributed by atoms with Crippen LogP contribution in [0.1, 0.15) is 72.1 Å². The number of esters is 1. The molecular weight excluding hydrogens is 328 g/mol. The van der Waals surface area contributed by atoms with Gasteiger partial charge in [0.15, 0.2) is 5.78 Å². The van der Waals surface area contributed by atoms with Crippen molar-refractivity contribution in [1.29, 1.82) is 0 Å². The molecule has 4 aliphatic rings. The van der Waals surface area contributed by atoms with Gasteiger partial charge in [-0.3, -0.25) is 9.59 Å². The van der Waals surface area contributed by atoms with Gasteiger partial charge >= 0.3 is 5.97 Å². The van der Waals surface area contributed by atoms with Gasteiger partial charge in [-0.2, -0.15) is 0 Å². The molecule has 0 heterocycles. The van der Waals surface area contributed by atoms with Gasteiger partial charge < -0.3 is 9.84 Å². The van der Waals surface area contributed by atoms with Crippen molar-refractivity contribution in [2.75, 3.05) is 0 Å². The SMILES string of the molecule is CCC(=O)O[C@H]1CC[C@H]2[C@@H]3CCC4=CC(=O)CC[C@]4(C)[C@H]3[C@@H](O)C[C@]12C. The molecule has 26 heavy (non-hydrogen) atoms. The monoisotopic (exact) mass is 360 g/mol. The van der Waals surface area contributed by atoms with E-state index in [9.17, 15) is 14.7 Å². The first kappa shape index (κ1) is 18.2. The molecule has 7 atom stereocenters. The summed E-state index contributed by atoms with van der Waals surface area (Å²) in [5.41, 5.74) is 1.10. The van der Waals surface area contributed by atoms with Crippen LogP contribution >= 0.6 is 0 Å². The number of allylic oxidation sites excluding steroid dienone is 1. The average molecular weight is 360 g/mol. The summed E-state index contributed by atoms with van der Waals surface area (Å²) in [6.45, 7) is 6.34. The molecule has 0 saturated heterocycles. The number of carbonyl (C=O) groups excluding carboxylic acids is 2. The van der Waals surface area contributed by atoms with Crippen LogP contribution in [0.5, 0.6) is 0 Å². The Kier molecular flexibility index (Phi) is 4.33. The van der Waals surface area contributed by atoms with Crippen molar-refractivity contribution in [1.82, 2.24) is 0 Å². The van der Waals surface area contributed by atoms with Crippen LogP contribution in [0.4, 0.5) is 0 Å². The predicted molar refractivity (Wildman–Crippen MR) is 98.3 cm³/mol. The molecule has 3 fully saturated rings. The number of aliphatic hydroxyl groups excluding tert-OH is 1. The standard InChI is InChI=1S/C22H32O4/c1-4-19(25)26-18-8-7-16-15-6-5-13-11-14(23)9-10-21(13,2)20(15)17(24)12-22(16,18)3/h11,15-18,20,24H,4-10,12H2,1-3H3/t15-,16-,17-,18-,20+,21-,22-/m0/s1. The number of hydrogen-bond acceptors (Lipinski definition) is 4. The van der Waals surface area contributed by atoms with Crippen LogP contribution < -0.4 is 0 Å². The van der Waals surface area contributed by atoms with Crippen LogP contribution in [0.25, 0.3) is 0 Å². The third-order valence-corrected chi connectivity index (χ3v) is 8.37. The van der Waals surface area contributed by atoms with Crippen molar-refractivity contribution < 1.29 is 19.4 Å². The molecule has 0 aliphatic heterocycles. The summed E-state index contributed by atoms with van der Waals surface area (Å²) in [6.07, 6.45) is 8.04. The maximum absolute atomic E-state index is 11.9. The van der Waals surface area contributed by atoms with Gasteiger partial charge in [-0.05, 0) is 67.8 Å². The third-order valence-electron chi connectivity index (χ3n) is 8.37. The zero-order valence-electron chi connectivity index (χ0n) is 16.3. The number of ether oxygens (including phenoxy) is 1. The van der Waals surface area contributed by atoms with E-state index in [2.05, 4.69) is 13.8 Å². The molecule has 0 spiro atoms. The topological polar surface area (TPSA) is 63.6 Å². The first-order valence-electron chi connectivity index (χ1n) is 10.4. The van der Waals surface area contributed by atoms with E-state index in [4.69, 9.17) is 4.74 Å². The van der Waals surface area contributed by atoms with Crippen molar-refractivity contribution >= 4 is 11.8 Å². The summed E-state index contributed by atoms with van der Waals surface area (Å²) in [6, 6.07) is 0. The second kappa shape index (κ2) is 6.19. The number of carbonyl (C=O) groups is 2. The summed E-state index contributed by atoms with van der Waals surface area (Å²) in [5.74, 6) is 1.32. The van der Waals surface area contributed by atoms with Gasteiger partial charge in [0.25, 0.3) is 0 Å². The van der Waals surface area contributed by atoms with Gasteiger partial charge in [0, 0.05) is 18.3 Å². The Morgan fingerprint density at radius 1 is 1.27 bits per heavy atom. The zero-order valence-corrected chi connectivity index (χ0v) is 16.3. The Hall–Kier alpha value is -1.16. The summed E-state index contributed by atoms with van der Waals surface area (Å²) >= 11 is 0. The molecule has 3 saturated carbocycles. The Labute approximate surface area is 156 Å². The Morgan fingerprint density at radius 3 is 2.77 bits per heavy atom. The van der Waals surface area contributed by atoms with Crippen molar-refractivity contribution in [2.45, 2.75) is 84.3 Å². The van der Waals surface area contributed by atoms with E-state index in [1.807, 2.05) is 13.0 Å². The Balaban J connectivity index is 1.64. The first-order chi connectivity index (χ1) is 12.3. The van der Waals surface area contributed by atoms with Crippen LogP contribution in [0.15, 0.2) is 11.6 Å². The van der Waals surface area contributed by atoms with Crippen LogP contribution in [0.3, 0.4) is 0 Å². The lowest BCUT2D eigenvalue weighted by molar-refractivity contribution is -0.170. The lowest BCUT2D eigenvalue weighted by Crippen LogP contribution is -2.57. The van der Waals surface area contributed by atoms with Crippen LogP contribution in [0.2, 0.25) is 0 Å². The Bertz CT molecular complexity index is 653. The van der Waals surface area contributed by atoms with E-state index >= 15 is 0 Å². The van der Waals surface area contributed by atoms with E-state index < -0.39 is 0 Å². The van der Waals surface area contributed by atoms with Gasteiger partial charge in [-0.25, -0.2) is 0 Å². The third kappa shape index (κ3) is 2.51. The molecule has 0 aromatic heterocycles. The van der Waals surface area contributed by atoms with Gasteiger partial charge in [0.2, 0.25) is 0 Å². The highest BCUT2D eigenvalue weighted by Gasteiger charge is 2.62. The molecule has 0 bridgehead atoms. The minimum Gasteiger partial charge on any atom is -0.462 e. The van der Waals surface area contributed by atoms with Crippen molar-refractivity contribution in [3.05, 3.63) is 11.6 Å². The molecule has 0 amide bonds. The lowest BCUT2D eigenvalue weighted by Gasteiger charge is -2.59. The summed E-state index contributed by atoms with van der Waals surface area (Å²) in [7, 11) is 0. The molecule has 0 aromatic carbocycles. The molecule has 4 aliphatic carbocycles. The second-order valence-corrected chi connectivity index (χ2v) is 9.57. The highest BCUT2D eigenvalue weighted by atomic mass is 16.5. The molecule has 1 N–H and O–H groups in total. The van der Waals surface area contributed by atoms with Gasteiger partial charge in [0.05, 0.1) is 6.10 Å². The fourth-order valence-electron chi connectivity index (χ4n) is 7.08. The number of hydrogen-bond donors (Lipinski definition) is 1. The Morgan fingerprint density at radius 2 is 2.04 bits per heavy atom. The number of fused-ring (bicyclic) bond motifs is 5. The molecule has 0 unspecified atom stereocenters. The molecule has 4 heteroatoms. The van der Waals surface area contributed by atoms with Crippen LogP contribution in [-0.2, 0) is 14.3 Å². The number of aliphatic hydroxyl groups is 1. The normalized spacial score (nSPS) is 47.5.